The van der Waals surface area contributed by atoms with Crippen LogP contribution in [0.4, 0.5) is 22.7 Å². The topological polar surface area (TPSA) is 91.7 Å². The van der Waals surface area contributed by atoms with Gasteiger partial charge in [-0.2, -0.15) is 10.2 Å². The summed E-state index contributed by atoms with van der Waals surface area (Å²) in [5, 5.41) is 14.4. The van der Waals surface area contributed by atoms with Crippen molar-refractivity contribution in [2.45, 2.75) is 27.7 Å². The Bertz CT molecular complexity index is 1990. The van der Waals surface area contributed by atoms with E-state index < -0.39 is 0 Å². The number of para-hydroxylation sites is 2. The summed E-state index contributed by atoms with van der Waals surface area (Å²) in [5.74, 6) is 2.45. The van der Waals surface area contributed by atoms with Gasteiger partial charge < -0.3 is 28.7 Å². The van der Waals surface area contributed by atoms with Gasteiger partial charge in [-0.05, 0) is 60.7 Å². The highest BCUT2D eigenvalue weighted by atomic mass is 16.5. The van der Waals surface area contributed by atoms with E-state index >= 15 is 4.79 Å². The molecule has 54 heavy (non-hydrogen) atoms. The van der Waals surface area contributed by atoms with E-state index in [9.17, 15) is 0 Å². The molecule has 0 atom stereocenters. The summed E-state index contributed by atoms with van der Waals surface area (Å²) >= 11 is 0. The van der Waals surface area contributed by atoms with Crippen molar-refractivity contribution < 1.29 is 23.7 Å². The van der Waals surface area contributed by atoms with E-state index in [1.54, 1.807) is 28.4 Å². The largest absolute Gasteiger partial charge is 0.493 e. The minimum atomic E-state index is -0.355. The zero-order valence-corrected chi connectivity index (χ0v) is 33.6. The number of hydrogen-bond donors (Lipinski definition) is 0. The number of carbonyl (C=O) groups is 1. The van der Waals surface area contributed by atoms with Crippen molar-refractivity contribution in [3.8, 4) is 23.0 Å². The van der Waals surface area contributed by atoms with Crippen LogP contribution in [0.2, 0.25) is 0 Å². The molecule has 4 aromatic carbocycles. The SMILES string of the molecule is COc1ccc(C2=NN(c3c(C(=O)c4cccc(N(C)C)c4N4CC(C)(C)C(c5ccc(OC)c(OC)c5)=N4)cccc3N(C)C)CC2(C)C)cc1OC. The Hall–Kier alpha value is -5.71. The van der Waals surface area contributed by atoms with Crippen molar-refractivity contribution in [2.24, 2.45) is 21.0 Å². The van der Waals surface area contributed by atoms with Crippen LogP contribution in [0.15, 0.2) is 83.0 Å². The number of methoxy groups -OCH3 is 4. The van der Waals surface area contributed by atoms with Crippen LogP contribution in [-0.4, -0.2) is 86.9 Å². The van der Waals surface area contributed by atoms with Gasteiger partial charge in [-0.1, -0.05) is 39.8 Å². The first-order chi connectivity index (χ1) is 25.6. The van der Waals surface area contributed by atoms with Crippen LogP contribution < -0.4 is 38.8 Å². The Morgan fingerprint density at radius 3 is 1.28 bits per heavy atom. The van der Waals surface area contributed by atoms with Crippen LogP contribution in [0.5, 0.6) is 23.0 Å². The Balaban J connectivity index is 1.49. The minimum absolute atomic E-state index is 0.118. The highest BCUT2D eigenvalue weighted by molar-refractivity contribution is 6.19. The third kappa shape index (κ3) is 6.79. The van der Waals surface area contributed by atoms with Crippen LogP contribution in [-0.2, 0) is 0 Å². The molecule has 0 saturated carbocycles. The van der Waals surface area contributed by atoms with Crippen molar-refractivity contribution >= 4 is 40.0 Å². The third-order valence-electron chi connectivity index (χ3n) is 10.1. The average molecular weight is 733 g/mol. The van der Waals surface area contributed by atoms with E-state index in [2.05, 4.69) is 27.7 Å². The molecule has 2 aliphatic rings. The summed E-state index contributed by atoms with van der Waals surface area (Å²) in [4.78, 5) is 19.3. The molecule has 6 rings (SSSR count). The predicted molar refractivity (Wildman–Crippen MR) is 219 cm³/mol. The molecule has 0 amide bonds. The molecular weight excluding hydrogens is 681 g/mol. The second-order valence-corrected chi connectivity index (χ2v) is 15.4. The van der Waals surface area contributed by atoms with Gasteiger partial charge in [0.15, 0.2) is 28.8 Å². The third-order valence-corrected chi connectivity index (χ3v) is 10.1. The van der Waals surface area contributed by atoms with Crippen LogP contribution in [0.25, 0.3) is 0 Å². The van der Waals surface area contributed by atoms with Gasteiger partial charge in [-0.25, -0.2) is 0 Å². The Labute approximate surface area is 319 Å². The molecule has 0 aromatic heterocycles. The van der Waals surface area contributed by atoms with Gasteiger partial charge in [-0.3, -0.25) is 14.8 Å². The van der Waals surface area contributed by atoms with Crippen molar-refractivity contribution in [1.82, 2.24) is 0 Å². The molecule has 0 radical (unpaired) electrons. The Morgan fingerprint density at radius 1 is 0.574 bits per heavy atom. The maximum Gasteiger partial charge on any atom is 0.197 e. The summed E-state index contributed by atoms with van der Waals surface area (Å²) in [6.45, 7) is 9.81. The average Bonchev–Trinajstić information content (AvgIpc) is 3.66. The van der Waals surface area contributed by atoms with Crippen LogP contribution >= 0.6 is 0 Å². The zero-order valence-electron chi connectivity index (χ0n) is 33.6. The maximum absolute atomic E-state index is 15.2. The van der Waals surface area contributed by atoms with E-state index in [1.165, 1.54) is 0 Å². The van der Waals surface area contributed by atoms with E-state index in [0.717, 1.165) is 45.3 Å². The number of ether oxygens (including phenoxy) is 4. The second kappa shape index (κ2) is 14.6. The van der Waals surface area contributed by atoms with Crippen LogP contribution in [0.3, 0.4) is 0 Å². The van der Waals surface area contributed by atoms with Gasteiger partial charge in [0, 0.05) is 50.1 Å². The number of anilines is 4. The van der Waals surface area contributed by atoms with Crippen molar-refractivity contribution in [3.05, 3.63) is 95.1 Å². The fraction of sp³-hybridized carbons (Fsp3) is 0.372. The Morgan fingerprint density at radius 2 is 0.944 bits per heavy atom. The molecule has 0 bridgehead atoms. The quantitative estimate of drug-likeness (QED) is 0.137. The van der Waals surface area contributed by atoms with Gasteiger partial charge in [0.25, 0.3) is 0 Å². The number of nitrogens with zero attached hydrogens (tertiary/aromatic N) is 6. The molecule has 0 fully saturated rings. The molecule has 0 unspecified atom stereocenters. The van der Waals surface area contributed by atoms with Crippen molar-refractivity contribution in [3.63, 3.8) is 0 Å². The molecule has 284 valence electrons. The lowest BCUT2D eigenvalue weighted by Crippen LogP contribution is -2.30. The normalized spacial score (nSPS) is 15.8. The maximum atomic E-state index is 15.2. The van der Waals surface area contributed by atoms with E-state index in [0.29, 0.717) is 47.2 Å². The number of hydrazone groups is 2. The number of hydrogen-bond acceptors (Lipinski definition) is 11. The van der Waals surface area contributed by atoms with Gasteiger partial charge in [0.1, 0.15) is 0 Å². The molecule has 0 aliphatic carbocycles. The highest BCUT2D eigenvalue weighted by Crippen LogP contribution is 2.45. The van der Waals surface area contributed by atoms with Gasteiger partial charge in [0.05, 0.1) is 86.8 Å². The number of ketones is 1. The summed E-state index contributed by atoms with van der Waals surface area (Å²) < 4.78 is 22.3. The molecule has 4 aromatic rings. The predicted octanol–water partition coefficient (Wildman–Crippen LogP) is 7.59. The fourth-order valence-corrected chi connectivity index (χ4v) is 7.44. The van der Waals surface area contributed by atoms with Crippen LogP contribution in [0.1, 0.15) is 54.7 Å². The van der Waals surface area contributed by atoms with Gasteiger partial charge in [-0.15, -0.1) is 0 Å². The van der Waals surface area contributed by atoms with Gasteiger partial charge >= 0.3 is 0 Å². The van der Waals surface area contributed by atoms with Crippen molar-refractivity contribution in [1.29, 1.82) is 0 Å². The standard InChI is InChI=1S/C43H52N6O5/c1-42(2)25-48(44-40(42)27-19-21-33(51-9)35(23-27)53-11)37-29(15-13-17-31(37)46(5)6)39(50)30-16-14-18-32(47(7)8)38(30)49-26-43(3,4)41(45-49)28-20-22-34(52-10)36(24-28)54-12/h13-24H,25-26H2,1-12H3. The first-order valence-corrected chi connectivity index (χ1v) is 18.0. The van der Waals surface area contributed by atoms with Crippen molar-refractivity contribution in [2.75, 3.05) is 89.5 Å². The molecule has 11 heteroatoms. The molecule has 0 N–H and O–H groups in total. The molecular formula is C43H52N6O5. The number of benzene rings is 4. The first kappa shape index (κ1) is 38.0. The number of rotatable bonds is 12. The lowest BCUT2D eigenvalue weighted by atomic mass is 9.84. The summed E-state index contributed by atoms with van der Waals surface area (Å²) in [6, 6.07) is 23.5. The summed E-state index contributed by atoms with van der Waals surface area (Å²) in [7, 11) is 14.5. The number of carbonyl (C=O) groups excluding carboxylic acids is 1. The zero-order chi connectivity index (χ0) is 39.1. The monoisotopic (exact) mass is 732 g/mol. The molecule has 11 nitrogen and oxygen atoms in total. The lowest BCUT2D eigenvalue weighted by Gasteiger charge is -2.29. The summed E-state index contributed by atoms with van der Waals surface area (Å²) in [6.07, 6.45) is 0. The van der Waals surface area contributed by atoms with E-state index in [4.69, 9.17) is 29.2 Å². The van der Waals surface area contributed by atoms with E-state index in [1.807, 2.05) is 121 Å². The van der Waals surface area contributed by atoms with E-state index in [-0.39, 0.29) is 16.6 Å². The molecule has 0 spiro atoms. The first-order valence-electron chi connectivity index (χ1n) is 18.0. The molecule has 0 saturated heterocycles. The Kier molecular flexibility index (Phi) is 10.3. The lowest BCUT2D eigenvalue weighted by molar-refractivity contribution is 0.103. The highest BCUT2D eigenvalue weighted by Gasteiger charge is 2.41. The molecule has 2 aliphatic heterocycles. The fourth-order valence-electron chi connectivity index (χ4n) is 7.44. The van der Waals surface area contributed by atoms with Gasteiger partial charge in [0.2, 0.25) is 0 Å². The summed E-state index contributed by atoms with van der Waals surface area (Å²) in [5.41, 5.74) is 7.28. The van der Waals surface area contributed by atoms with Crippen LogP contribution in [0, 0.1) is 10.8 Å². The smallest absolute Gasteiger partial charge is 0.197 e. The molecule has 2 heterocycles. The second-order valence-electron chi connectivity index (χ2n) is 15.4. The minimum Gasteiger partial charge on any atom is -0.493 e.